The molecule has 246 valence electrons. The molecule has 2 nitrogen and oxygen atoms in total. The summed E-state index contributed by atoms with van der Waals surface area (Å²) in [5.74, 6) is 0. The predicted molar refractivity (Wildman–Crippen MR) is 217 cm³/mol. The highest BCUT2D eigenvalue weighted by Gasteiger charge is 2.42. The quantitative estimate of drug-likeness (QED) is 0.176. The van der Waals surface area contributed by atoms with Crippen LogP contribution < -0.4 is 4.90 Å². The first-order valence-corrected chi connectivity index (χ1v) is 17.9. The summed E-state index contributed by atoms with van der Waals surface area (Å²) in [6.07, 6.45) is 0. The van der Waals surface area contributed by atoms with Crippen LogP contribution >= 0.6 is 0 Å². The minimum Gasteiger partial charge on any atom is -0.456 e. The van der Waals surface area contributed by atoms with Crippen molar-refractivity contribution in [3.8, 4) is 33.4 Å². The molecule has 0 aliphatic heterocycles. The van der Waals surface area contributed by atoms with Crippen molar-refractivity contribution < 1.29 is 4.42 Å². The van der Waals surface area contributed by atoms with E-state index in [1.165, 1.54) is 50.1 Å². The Hall–Kier alpha value is -6.64. The number of furan rings is 1. The van der Waals surface area contributed by atoms with E-state index in [0.29, 0.717) is 0 Å². The fourth-order valence-corrected chi connectivity index (χ4v) is 8.43. The first kappa shape index (κ1) is 30.2. The highest BCUT2D eigenvalue weighted by Crippen LogP contribution is 2.55. The molecule has 1 aromatic heterocycles. The van der Waals surface area contributed by atoms with Gasteiger partial charge in [0.25, 0.3) is 0 Å². The van der Waals surface area contributed by atoms with Crippen molar-refractivity contribution in [2.75, 3.05) is 4.90 Å². The number of benzene rings is 8. The summed E-state index contributed by atoms with van der Waals surface area (Å²) in [6, 6.07) is 69.7. The van der Waals surface area contributed by atoms with E-state index < -0.39 is 5.41 Å². The van der Waals surface area contributed by atoms with Crippen LogP contribution in [0.4, 0.5) is 17.1 Å². The van der Waals surface area contributed by atoms with Crippen LogP contribution in [0.25, 0.3) is 55.3 Å². The van der Waals surface area contributed by atoms with Crippen LogP contribution in [0.1, 0.15) is 23.6 Å². The van der Waals surface area contributed by atoms with Crippen LogP contribution in [0, 0.1) is 0 Å². The van der Waals surface area contributed by atoms with Gasteiger partial charge in [0.15, 0.2) is 0 Å². The Morgan fingerprint density at radius 2 is 0.865 bits per heavy atom. The first-order valence-electron chi connectivity index (χ1n) is 17.9. The molecule has 2 heteroatoms. The molecule has 0 atom stereocenters. The summed E-state index contributed by atoms with van der Waals surface area (Å²) in [6.45, 7) is 2.36. The lowest BCUT2D eigenvalue weighted by Gasteiger charge is -2.31. The van der Waals surface area contributed by atoms with E-state index in [9.17, 15) is 0 Å². The van der Waals surface area contributed by atoms with Crippen LogP contribution in [-0.4, -0.2) is 0 Å². The zero-order chi connectivity index (χ0) is 34.6. The molecule has 0 unspecified atom stereocenters. The van der Waals surface area contributed by atoms with Gasteiger partial charge in [0, 0.05) is 27.7 Å². The standard InChI is InChI=1S/C50H35NO/c1-50(43-21-11-8-18-40(43)41-19-9-12-22-44(41)50)45-32-33-46(48-42-20-10-13-23-47(42)52-49(45)48)51(38-28-24-36(25-29-38)34-14-4-2-5-15-34)39-30-26-37(27-31-39)35-16-6-3-7-17-35/h2-33H,1H3. The van der Waals surface area contributed by atoms with Crippen LogP contribution in [-0.2, 0) is 5.41 Å². The lowest BCUT2D eigenvalue weighted by atomic mass is 9.73. The first-order chi connectivity index (χ1) is 25.7. The maximum absolute atomic E-state index is 6.98. The number of fused-ring (bicyclic) bond motifs is 6. The Kier molecular flexibility index (Phi) is 6.97. The van der Waals surface area contributed by atoms with Crippen molar-refractivity contribution >= 4 is 39.0 Å². The molecule has 0 fully saturated rings. The molecular weight excluding hydrogens is 631 g/mol. The summed E-state index contributed by atoms with van der Waals surface area (Å²) in [7, 11) is 0. The van der Waals surface area contributed by atoms with Gasteiger partial charge in [-0.25, -0.2) is 0 Å². The molecule has 10 rings (SSSR count). The number of para-hydroxylation sites is 1. The summed E-state index contributed by atoms with van der Waals surface area (Å²) in [5, 5.41) is 2.21. The summed E-state index contributed by atoms with van der Waals surface area (Å²) < 4.78 is 6.98. The molecule has 0 saturated carbocycles. The van der Waals surface area contributed by atoms with Crippen LogP contribution in [0.5, 0.6) is 0 Å². The molecule has 1 heterocycles. The minimum atomic E-state index is -0.405. The Bertz CT molecular complexity index is 2600. The number of hydrogen-bond acceptors (Lipinski definition) is 2. The van der Waals surface area contributed by atoms with Gasteiger partial charge in [-0.2, -0.15) is 0 Å². The average molecular weight is 666 g/mol. The Balaban J connectivity index is 1.22. The average Bonchev–Trinajstić information content (AvgIpc) is 3.73. The van der Waals surface area contributed by atoms with Gasteiger partial charge in [-0.3, -0.25) is 0 Å². The number of nitrogens with zero attached hydrogens (tertiary/aromatic N) is 1. The molecule has 0 spiro atoms. The molecule has 0 radical (unpaired) electrons. The molecule has 0 bridgehead atoms. The SMILES string of the molecule is CC1(c2ccc(N(c3ccc(-c4ccccc4)cc3)c3ccc(-c4ccccc4)cc3)c3c2oc2ccccc23)c2ccccc2-c2ccccc21. The second-order valence-corrected chi connectivity index (χ2v) is 13.8. The van der Waals surface area contributed by atoms with Gasteiger partial charge in [0.1, 0.15) is 11.2 Å². The largest absolute Gasteiger partial charge is 0.456 e. The van der Waals surface area contributed by atoms with E-state index in [1.807, 2.05) is 0 Å². The molecule has 0 amide bonds. The zero-order valence-corrected chi connectivity index (χ0v) is 28.8. The van der Waals surface area contributed by atoms with Gasteiger partial charge < -0.3 is 9.32 Å². The van der Waals surface area contributed by atoms with Crippen molar-refractivity contribution in [3.63, 3.8) is 0 Å². The van der Waals surface area contributed by atoms with Gasteiger partial charge in [0.05, 0.1) is 11.1 Å². The summed E-state index contributed by atoms with van der Waals surface area (Å²) in [5.41, 5.74) is 15.7. The van der Waals surface area contributed by atoms with Gasteiger partial charge in [0.2, 0.25) is 0 Å². The normalized spacial score (nSPS) is 12.9. The van der Waals surface area contributed by atoms with E-state index >= 15 is 0 Å². The van der Waals surface area contributed by atoms with E-state index in [2.05, 4.69) is 206 Å². The number of rotatable bonds is 6. The van der Waals surface area contributed by atoms with Gasteiger partial charge in [-0.15, -0.1) is 0 Å². The maximum Gasteiger partial charge on any atom is 0.141 e. The van der Waals surface area contributed by atoms with Crippen molar-refractivity contribution in [1.82, 2.24) is 0 Å². The predicted octanol–water partition coefficient (Wildman–Crippen LogP) is 13.7. The second kappa shape index (κ2) is 12.0. The third-order valence-corrected chi connectivity index (χ3v) is 11.0. The highest BCUT2D eigenvalue weighted by molar-refractivity contribution is 6.15. The van der Waals surface area contributed by atoms with Gasteiger partial charge in [-0.1, -0.05) is 158 Å². The topological polar surface area (TPSA) is 16.4 Å². The van der Waals surface area contributed by atoms with E-state index in [-0.39, 0.29) is 0 Å². The van der Waals surface area contributed by atoms with Crippen molar-refractivity contribution in [1.29, 1.82) is 0 Å². The molecule has 0 N–H and O–H groups in total. The number of anilines is 3. The second-order valence-electron chi connectivity index (χ2n) is 13.8. The van der Waals surface area contributed by atoms with Crippen molar-refractivity contribution in [2.24, 2.45) is 0 Å². The van der Waals surface area contributed by atoms with Crippen LogP contribution in [0.2, 0.25) is 0 Å². The van der Waals surface area contributed by atoms with E-state index in [4.69, 9.17) is 4.42 Å². The summed E-state index contributed by atoms with van der Waals surface area (Å²) in [4.78, 5) is 2.39. The third kappa shape index (κ3) is 4.65. The fourth-order valence-electron chi connectivity index (χ4n) is 8.43. The fraction of sp³-hybridized carbons (Fsp3) is 0.0400. The molecule has 1 aliphatic rings. The Morgan fingerprint density at radius 3 is 1.42 bits per heavy atom. The van der Waals surface area contributed by atoms with E-state index in [1.54, 1.807) is 0 Å². The minimum absolute atomic E-state index is 0.405. The monoisotopic (exact) mass is 665 g/mol. The smallest absolute Gasteiger partial charge is 0.141 e. The maximum atomic E-state index is 6.98. The molecular formula is C50H35NO. The molecule has 9 aromatic rings. The van der Waals surface area contributed by atoms with Gasteiger partial charge >= 0.3 is 0 Å². The van der Waals surface area contributed by atoms with Crippen LogP contribution in [0.15, 0.2) is 199 Å². The van der Waals surface area contributed by atoms with Crippen LogP contribution in [0.3, 0.4) is 0 Å². The Morgan fingerprint density at radius 1 is 0.404 bits per heavy atom. The molecule has 0 saturated heterocycles. The van der Waals surface area contributed by atoms with Crippen molar-refractivity contribution in [3.05, 3.63) is 211 Å². The molecule has 52 heavy (non-hydrogen) atoms. The summed E-state index contributed by atoms with van der Waals surface area (Å²) >= 11 is 0. The zero-order valence-electron chi connectivity index (χ0n) is 28.8. The highest BCUT2D eigenvalue weighted by atomic mass is 16.3. The lowest BCUT2D eigenvalue weighted by molar-refractivity contribution is 0.638. The molecule has 1 aliphatic carbocycles. The molecule has 8 aromatic carbocycles. The number of hydrogen-bond donors (Lipinski definition) is 0. The van der Waals surface area contributed by atoms with Crippen molar-refractivity contribution in [2.45, 2.75) is 12.3 Å². The Labute approximate surface area is 303 Å². The lowest BCUT2D eigenvalue weighted by Crippen LogP contribution is -2.23. The van der Waals surface area contributed by atoms with Gasteiger partial charge in [-0.05, 0) is 87.8 Å². The van der Waals surface area contributed by atoms with E-state index in [0.717, 1.165) is 39.0 Å². The third-order valence-electron chi connectivity index (χ3n) is 11.0.